The molecule has 75 valence electrons. The van der Waals surface area contributed by atoms with Crippen molar-refractivity contribution in [2.24, 2.45) is 0 Å². The van der Waals surface area contributed by atoms with Crippen LogP contribution in [0.4, 0.5) is 0 Å². The van der Waals surface area contributed by atoms with E-state index in [1.165, 1.54) is 0 Å². The van der Waals surface area contributed by atoms with E-state index in [2.05, 4.69) is 6.92 Å². The predicted molar refractivity (Wildman–Crippen MR) is 62.3 cm³/mol. The van der Waals surface area contributed by atoms with E-state index < -0.39 is 0 Å². The van der Waals surface area contributed by atoms with Crippen LogP contribution in [0.15, 0.2) is 48.5 Å². The molecule has 1 heteroatoms. The van der Waals surface area contributed by atoms with Crippen LogP contribution < -0.4 is 0 Å². The average molecular weight is 197 g/mol. The zero-order chi connectivity index (χ0) is 10.7. The van der Waals surface area contributed by atoms with E-state index in [9.17, 15) is 5.11 Å². The van der Waals surface area contributed by atoms with Gasteiger partial charge in [-0.25, -0.2) is 0 Å². The van der Waals surface area contributed by atoms with Crippen molar-refractivity contribution in [3.8, 4) is 11.1 Å². The summed E-state index contributed by atoms with van der Waals surface area (Å²) in [7, 11) is 0. The number of hydrogen-bond acceptors (Lipinski definition) is 1. The lowest BCUT2D eigenvalue weighted by Gasteiger charge is -2.07. The van der Waals surface area contributed by atoms with Gasteiger partial charge >= 0.3 is 0 Å². The van der Waals surface area contributed by atoms with Gasteiger partial charge in [0.05, 0.1) is 6.61 Å². The molecule has 0 bridgehead atoms. The van der Waals surface area contributed by atoms with Crippen molar-refractivity contribution in [1.29, 1.82) is 0 Å². The molecule has 1 radical (unpaired) electrons. The molecule has 0 aliphatic carbocycles. The highest BCUT2D eigenvalue weighted by molar-refractivity contribution is 5.67. The highest BCUT2D eigenvalue weighted by Crippen LogP contribution is 2.23. The normalized spacial score (nSPS) is 10.3. The summed E-state index contributed by atoms with van der Waals surface area (Å²) >= 11 is 0. The van der Waals surface area contributed by atoms with Gasteiger partial charge in [-0.05, 0) is 29.2 Å². The molecule has 0 fully saturated rings. The number of hydrogen-bond donors (Lipinski definition) is 1. The third kappa shape index (κ3) is 2.08. The van der Waals surface area contributed by atoms with Gasteiger partial charge in [-0.3, -0.25) is 0 Å². The Balaban J connectivity index is 2.49. The molecule has 2 aromatic rings. The highest BCUT2D eigenvalue weighted by atomic mass is 16.3. The Morgan fingerprint density at radius 2 is 1.60 bits per heavy atom. The molecule has 0 unspecified atom stereocenters. The first-order valence-electron chi connectivity index (χ1n) is 4.92. The Morgan fingerprint density at radius 3 is 2.27 bits per heavy atom. The molecule has 0 aromatic heterocycles. The molecule has 0 aliphatic heterocycles. The molecule has 0 saturated carbocycles. The summed E-state index contributed by atoms with van der Waals surface area (Å²) in [6.45, 7) is 3.92. The van der Waals surface area contributed by atoms with Gasteiger partial charge in [0.1, 0.15) is 0 Å². The van der Waals surface area contributed by atoms with E-state index in [0.717, 1.165) is 22.3 Å². The Hall–Kier alpha value is -1.60. The summed E-state index contributed by atoms with van der Waals surface area (Å²) in [5.41, 5.74) is 4.15. The predicted octanol–water partition coefficient (Wildman–Crippen LogP) is 3.03. The van der Waals surface area contributed by atoms with Crippen molar-refractivity contribution >= 4 is 0 Å². The summed E-state index contributed by atoms with van der Waals surface area (Å²) in [6.07, 6.45) is 0. The average Bonchev–Trinajstić information content (AvgIpc) is 2.30. The van der Waals surface area contributed by atoms with Gasteiger partial charge < -0.3 is 5.11 Å². The van der Waals surface area contributed by atoms with Crippen LogP contribution in [0.3, 0.4) is 0 Å². The van der Waals surface area contributed by atoms with E-state index >= 15 is 0 Å². The van der Waals surface area contributed by atoms with Gasteiger partial charge in [-0.1, -0.05) is 48.5 Å². The van der Waals surface area contributed by atoms with Gasteiger partial charge in [0, 0.05) is 0 Å². The summed E-state index contributed by atoms with van der Waals surface area (Å²) in [5, 5.41) is 9.22. The maximum Gasteiger partial charge on any atom is 0.0687 e. The Bertz CT molecular complexity index is 443. The quantitative estimate of drug-likeness (QED) is 0.784. The molecule has 1 nitrogen and oxygen atoms in total. The minimum atomic E-state index is 0.0717. The third-order valence-corrected chi connectivity index (χ3v) is 2.45. The molecule has 1 N–H and O–H groups in total. The van der Waals surface area contributed by atoms with Crippen LogP contribution in [-0.4, -0.2) is 5.11 Å². The SMILES string of the molecule is [CH2]c1ccc(-c2ccccc2CO)cc1. The van der Waals surface area contributed by atoms with E-state index in [4.69, 9.17) is 0 Å². The fraction of sp³-hybridized carbons (Fsp3) is 0.0714. The second-order valence-electron chi connectivity index (χ2n) is 3.51. The Labute approximate surface area is 90.0 Å². The van der Waals surface area contributed by atoms with Gasteiger partial charge in [0.2, 0.25) is 0 Å². The zero-order valence-electron chi connectivity index (χ0n) is 8.48. The maximum absolute atomic E-state index is 9.22. The molecule has 2 aromatic carbocycles. The van der Waals surface area contributed by atoms with Gasteiger partial charge in [0.15, 0.2) is 0 Å². The third-order valence-electron chi connectivity index (χ3n) is 2.45. The summed E-state index contributed by atoms with van der Waals surface area (Å²) < 4.78 is 0. The monoisotopic (exact) mass is 197 g/mol. The van der Waals surface area contributed by atoms with Crippen LogP contribution >= 0.6 is 0 Å². The molecule has 0 saturated heterocycles. The number of aliphatic hydroxyl groups is 1. The molecular formula is C14H13O. The fourth-order valence-corrected chi connectivity index (χ4v) is 1.62. The van der Waals surface area contributed by atoms with Crippen LogP contribution in [0.25, 0.3) is 11.1 Å². The fourth-order valence-electron chi connectivity index (χ4n) is 1.62. The van der Waals surface area contributed by atoms with Crippen molar-refractivity contribution in [2.75, 3.05) is 0 Å². The molecule has 0 heterocycles. The molecule has 0 spiro atoms. The minimum Gasteiger partial charge on any atom is -0.392 e. The minimum absolute atomic E-state index is 0.0717. The first-order valence-corrected chi connectivity index (χ1v) is 4.92. The van der Waals surface area contributed by atoms with E-state index in [1.807, 2.05) is 48.5 Å². The topological polar surface area (TPSA) is 20.2 Å². The molecule has 0 aliphatic rings. The molecule has 2 rings (SSSR count). The number of benzene rings is 2. The van der Waals surface area contributed by atoms with Crippen molar-refractivity contribution in [3.63, 3.8) is 0 Å². The van der Waals surface area contributed by atoms with Crippen LogP contribution in [0, 0.1) is 6.92 Å². The summed E-state index contributed by atoms with van der Waals surface area (Å²) in [6, 6.07) is 15.9. The number of aliphatic hydroxyl groups excluding tert-OH is 1. The van der Waals surface area contributed by atoms with Crippen molar-refractivity contribution in [3.05, 3.63) is 66.6 Å². The van der Waals surface area contributed by atoms with E-state index in [-0.39, 0.29) is 6.61 Å². The molecular weight excluding hydrogens is 184 g/mol. The second-order valence-corrected chi connectivity index (χ2v) is 3.51. The molecule has 15 heavy (non-hydrogen) atoms. The lowest BCUT2D eigenvalue weighted by Crippen LogP contribution is -1.88. The van der Waals surface area contributed by atoms with Crippen molar-refractivity contribution < 1.29 is 5.11 Å². The smallest absolute Gasteiger partial charge is 0.0687 e. The Kier molecular flexibility index (Phi) is 2.84. The Morgan fingerprint density at radius 1 is 0.933 bits per heavy atom. The summed E-state index contributed by atoms with van der Waals surface area (Å²) in [4.78, 5) is 0. The van der Waals surface area contributed by atoms with Crippen LogP contribution in [-0.2, 0) is 6.61 Å². The maximum atomic E-state index is 9.22. The lowest BCUT2D eigenvalue weighted by molar-refractivity contribution is 0.282. The highest BCUT2D eigenvalue weighted by Gasteiger charge is 2.02. The van der Waals surface area contributed by atoms with E-state index in [0.29, 0.717) is 0 Å². The second kappa shape index (κ2) is 4.28. The first-order chi connectivity index (χ1) is 7.31. The van der Waals surface area contributed by atoms with Crippen molar-refractivity contribution in [2.45, 2.75) is 6.61 Å². The van der Waals surface area contributed by atoms with Crippen LogP contribution in [0.2, 0.25) is 0 Å². The van der Waals surface area contributed by atoms with Crippen LogP contribution in [0.1, 0.15) is 11.1 Å². The molecule has 0 amide bonds. The van der Waals surface area contributed by atoms with Crippen LogP contribution in [0.5, 0.6) is 0 Å². The standard InChI is InChI=1S/C14H13O/c1-11-6-8-12(9-7-11)14-5-3-2-4-13(14)10-15/h2-9,15H,1,10H2. The van der Waals surface area contributed by atoms with Gasteiger partial charge in [0.25, 0.3) is 0 Å². The van der Waals surface area contributed by atoms with Gasteiger partial charge in [-0.2, -0.15) is 0 Å². The van der Waals surface area contributed by atoms with Crippen molar-refractivity contribution in [1.82, 2.24) is 0 Å². The largest absolute Gasteiger partial charge is 0.392 e. The first kappa shape index (κ1) is 9.94. The zero-order valence-corrected chi connectivity index (χ0v) is 8.48. The lowest BCUT2D eigenvalue weighted by atomic mass is 9.99. The summed E-state index contributed by atoms with van der Waals surface area (Å²) in [5.74, 6) is 0. The molecule has 0 atom stereocenters. The van der Waals surface area contributed by atoms with E-state index in [1.54, 1.807) is 0 Å². The number of rotatable bonds is 2. The van der Waals surface area contributed by atoms with Gasteiger partial charge in [-0.15, -0.1) is 0 Å².